The molecule has 2 atom stereocenters. The third-order valence-corrected chi connectivity index (χ3v) is 6.93. The SMILES string of the molecule is Cc1cc([C@@H]2[C@@H](c3ccccn3)NC(=S)N2CCC(=O)Nc2ccc(F)cc2)c(C)n1-c1ccccn1. The molecule has 1 saturated heterocycles. The zero-order valence-electron chi connectivity index (χ0n) is 20.6. The van der Waals surface area contributed by atoms with Gasteiger partial charge >= 0.3 is 0 Å². The molecule has 4 heterocycles. The minimum atomic E-state index is -0.349. The van der Waals surface area contributed by atoms with E-state index < -0.39 is 0 Å². The second kappa shape index (κ2) is 10.5. The van der Waals surface area contributed by atoms with Crippen molar-refractivity contribution in [1.29, 1.82) is 0 Å². The van der Waals surface area contributed by atoms with Gasteiger partial charge in [0.05, 0.1) is 17.8 Å². The zero-order chi connectivity index (χ0) is 25.9. The van der Waals surface area contributed by atoms with Crippen LogP contribution in [0.4, 0.5) is 10.1 Å². The number of benzene rings is 1. The Labute approximate surface area is 220 Å². The number of nitrogens with zero attached hydrogens (tertiary/aromatic N) is 4. The van der Waals surface area contributed by atoms with E-state index in [1.807, 2.05) is 36.4 Å². The van der Waals surface area contributed by atoms with Gasteiger partial charge in [-0.1, -0.05) is 12.1 Å². The number of hydrogen-bond acceptors (Lipinski definition) is 4. The number of rotatable bonds is 7. The number of amides is 1. The van der Waals surface area contributed by atoms with Crippen LogP contribution in [0.25, 0.3) is 5.82 Å². The van der Waals surface area contributed by atoms with Gasteiger partial charge < -0.3 is 20.1 Å². The molecule has 0 spiro atoms. The topological polar surface area (TPSA) is 75.1 Å². The van der Waals surface area contributed by atoms with E-state index in [2.05, 4.69) is 50.0 Å². The van der Waals surface area contributed by atoms with Crippen molar-refractivity contribution in [3.63, 3.8) is 0 Å². The minimum absolute atomic E-state index is 0.173. The van der Waals surface area contributed by atoms with Crippen molar-refractivity contribution < 1.29 is 9.18 Å². The van der Waals surface area contributed by atoms with Crippen molar-refractivity contribution in [2.75, 3.05) is 11.9 Å². The number of aromatic nitrogens is 3. The lowest BCUT2D eigenvalue weighted by molar-refractivity contribution is -0.116. The van der Waals surface area contributed by atoms with Crippen molar-refractivity contribution in [3.05, 3.63) is 108 Å². The molecule has 4 aromatic rings. The Kier molecular flexibility index (Phi) is 6.96. The summed E-state index contributed by atoms with van der Waals surface area (Å²) >= 11 is 5.76. The van der Waals surface area contributed by atoms with Gasteiger partial charge in [-0.05, 0) is 86.2 Å². The molecule has 5 rings (SSSR count). The number of nitrogens with one attached hydrogen (secondary N) is 2. The highest BCUT2D eigenvalue weighted by atomic mass is 32.1. The van der Waals surface area contributed by atoms with E-state index >= 15 is 0 Å². The van der Waals surface area contributed by atoms with Gasteiger partial charge in [0.15, 0.2) is 5.11 Å². The molecule has 2 N–H and O–H groups in total. The number of halogens is 1. The lowest BCUT2D eigenvalue weighted by atomic mass is 9.96. The number of thiocarbonyl (C=S) groups is 1. The van der Waals surface area contributed by atoms with Crippen LogP contribution < -0.4 is 10.6 Å². The molecule has 0 bridgehead atoms. The van der Waals surface area contributed by atoms with Gasteiger partial charge in [-0.3, -0.25) is 9.78 Å². The number of aryl methyl sites for hydroxylation is 1. The number of pyridine rings is 2. The van der Waals surface area contributed by atoms with E-state index in [9.17, 15) is 9.18 Å². The standard InChI is InChI=1S/C28H27FN6OS/c1-18-17-22(19(2)35(18)24-8-4-6-15-31-24)27-26(23-7-3-5-14-30-23)33-28(37)34(27)16-13-25(36)32-21-11-9-20(29)10-12-21/h3-12,14-15,17,26-27H,13,16H2,1-2H3,(H,32,36)(H,33,37)/t26-,27-/m1/s1. The second-order valence-electron chi connectivity index (χ2n) is 8.97. The van der Waals surface area contributed by atoms with E-state index in [0.717, 1.165) is 28.5 Å². The molecule has 3 aromatic heterocycles. The summed E-state index contributed by atoms with van der Waals surface area (Å²) in [6, 6.07) is 19.2. The van der Waals surface area contributed by atoms with Crippen LogP contribution in [0.5, 0.6) is 0 Å². The van der Waals surface area contributed by atoms with Crippen LogP contribution in [0.15, 0.2) is 79.1 Å². The smallest absolute Gasteiger partial charge is 0.226 e. The Bertz CT molecular complexity index is 1410. The summed E-state index contributed by atoms with van der Waals surface area (Å²) < 4.78 is 15.4. The first-order valence-electron chi connectivity index (χ1n) is 12.1. The van der Waals surface area contributed by atoms with Crippen molar-refractivity contribution in [1.82, 2.24) is 24.8 Å². The molecule has 1 aromatic carbocycles. The van der Waals surface area contributed by atoms with Gasteiger partial charge in [0.1, 0.15) is 11.6 Å². The molecule has 1 aliphatic heterocycles. The molecular formula is C28H27FN6OS. The summed E-state index contributed by atoms with van der Waals surface area (Å²) in [4.78, 5) is 24.0. The Balaban J connectivity index is 1.45. The molecule has 188 valence electrons. The molecule has 7 nitrogen and oxygen atoms in total. The first-order valence-corrected chi connectivity index (χ1v) is 12.5. The molecule has 0 saturated carbocycles. The average molecular weight is 515 g/mol. The predicted octanol–water partition coefficient (Wildman–Crippen LogP) is 5.02. The normalized spacial score (nSPS) is 17.1. The molecular weight excluding hydrogens is 487 g/mol. The maximum Gasteiger partial charge on any atom is 0.226 e. The van der Waals surface area contributed by atoms with Gasteiger partial charge in [0.25, 0.3) is 0 Å². The Hall–Kier alpha value is -4.11. The van der Waals surface area contributed by atoms with Crippen molar-refractivity contribution in [3.8, 4) is 5.82 Å². The first-order chi connectivity index (χ1) is 17.9. The number of hydrogen-bond donors (Lipinski definition) is 2. The molecule has 1 amide bonds. The van der Waals surface area contributed by atoms with Crippen LogP contribution in [0.2, 0.25) is 0 Å². The highest BCUT2D eigenvalue weighted by Crippen LogP contribution is 2.41. The van der Waals surface area contributed by atoms with E-state index in [1.54, 1.807) is 24.5 Å². The summed E-state index contributed by atoms with van der Waals surface area (Å²) in [6.07, 6.45) is 3.76. The fourth-order valence-corrected chi connectivity index (χ4v) is 5.22. The Morgan fingerprint density at radius 1 is 1.05 bits per heavy atom. The molecule has 0 aliphatic carbocycles. The Morgan fingerprint density at radius 3 is 2.46 bits per heavy atom. The zero-order valence-corrected chi connectivity index (χ0v) is 21.4. The van der Waals surface area contributed by atoms with Gasteiger partial charge in [0.2, 0.25) is 5.91 Å². The predicted molar refractivity (Wildman–Crippen MR) is 145 cm³/mol. The maximum absolute atomic E-state index is 13.2. The van der Waals surface area contributed by atoms with Crippen LogP contribution in [-0.2, 0) is 4.79 Å². The first kappa shape index (κ1) is 24.6. The van der Waals surface area contributed by atoms with Crippen molar-refractivity contribution in [2.45, 2.75) is 32.4 Å². The lowest BCUT2D eigenvalue weighted by Crippen LogP contribution is -2.32. The Morgan fingerprint density at radius 2 is 1.78 bits per heavy atom. The number of anilines is 1. The molecule has 1 fully saturated rings. The van der Waals surface area contributed by atoms with Gasteiger partial charge in [0, 0.05) is 42.4 Å². The molecule has 37 heavy (non-hydrogen) atoms. The molecule has 0 unspecified atom stereocenters. The quantitative estimate of drug-likeness (QED) is 0.337. The van der Waals surface area contributed by atoms with E-state index in [-0.39, 0.29) is 30.2 Å². The second-order valence-corrected chi connectivity index (χ2v) is 9.36. The number of carbonyl (C=O) groups is 1. The monoisotopic (exact) mass is 514 g/mol. The van der Waals surface area contributed by atoms with E-state index in [1.165, 1.54) is 12.1 Å². The maximum atomic E-state index is 13.2. The summed E-state index contributed by atoms with van der Waals surface area (Å²) in [7, 11) is 0. The van der Waals surface area contributed by atoms with Crippen molar-refractivity contribution in [2.24, 2.45) is 0 Å². The van der Waals surface area contributed by atoms with Crippen LogP contribution >= 0.6 is 12.2 Å². The van der Waals surface area contributed by atoms with Crippen LogP contribution in [0.3, 0.4) is 0 Å². The number of carbonyl (C=O) groups excluding carboxylic acids is 1. The highest BCUT2D eigenvalue weighted by molar-refractivity contribution is 7.80. The summed E-state index contributed by atoms with van der Waals surface area (Å²) in [5, 5.41) is 6.84. The molecule has 1 aliphatic rings. The lowest BCUT2D eigenvalue weighted by Gasteiger charge is -2.28. The molecule has 9 heteroatoms. The third-order valence-electron chi connectivity index (χ3n) is 6.57. The van der Waals surface area contributed by atoms with Crippen molar-refractivity contribution >= 4 is 28.9 Å². The fraction of sp³-hybridized carbons (Fsp3) is 0.214. The summed E-state index contributed by atoms with van der Waals surface area (Å²) in [5.74, 6) is 0.323. The van der Waals surface area contributed by atoms with Crippen LogP contribution in [-0.4, -0.2) is 37.0 Å². The van der Waals surface area contributed by atoms with Crippen LogP contribution in [0, 0.1) is 19.7 Å². The van der Waals surface area contributed by atoms with E-state index in [4.69, 9.17) is 12.2 Å². The largest absolute Gasteiger partial charge is 0.352 e. The van der Waals surface area contributed by atoms with Crippen LogP contribution in [0.1, 0.15) is 41.1 Å². The van der Waals surface area contributed by atoms with Gasteiger partial charge in [-0.25, -0.2) is 9.37 Å². The summed E-state index contributed by atoms with van der Waals surface area (Å²) in [5.41, 5.74) is 4.61. The summed E-state index contributed by atoms with van der Waals surface area (Å²) in [6.45, 7) is 4.54. The molecule has 0 radical (unpaired) electrons. The average Bonchev–Trinajstić information content (AvgIpc) is 3.39. The fourth-order valence-electron chi connectivity index (χ4n) is 4.89. The van der Waals surface area contributed by atoms with E-state index in [0.29, 0.717) is 17.3 Å². The van der Waals surface area contributed by atoms with Gasteiger partial charge in [-0.15, -0.1) is 0 Å². The van der Waals surface area contributed by atoms with Gasteiger partial charge in [-0.2, -0.15) is 0 Å². The minimum Gasteiger partial charge on any atom is -0.352 e. The third kappa shape index (κ3) is 5.08. The highest BCUT2D eigenvalue weighted by Gasteiger charge is 2.41.